The third-order valence-corrected chi connectivity index (χ3v) is 2.00. The summed E-state index contributed by atoms with van der Waals surface area (Å²) in [4.78, 5) is 12.4. The normalized spacial score (nSPS) is 14.2. The Hall–Kier alpha value is -1.82. The molecule has 88 valence electrons. The van der Waals surface area contributed by atoms with Crippen LogP contribution in [0.1, 0.15) is 0 Å². The van der Waals surface area contributed by atoms with Crippen LogP contribution in [-0.4, -0.2) is 31.4 Å². The molecule has 5 nitrogen and oxygen atoms in total. The molecule has 6 heteroatoms. The second kappa shape index (κ2) is 5.32. The van der Waals surface area contributed by atoms with Gasteiger partial charge >= 0.3 is 6.09 Å². The van der Waals surface area contributed by atoms with Crippen LogP contribution in [0.3, 0.4) is 0 Å². The van der Waals surface area contributed by atoms with E-state index in [0.717, 1.165) is 6.07 Å². The lowest BCUT2D eigenvalue weighted by Crippen LogP contribution is -2.23. The van der Waals surface area contributed by atoms with Gasteiger partial charge in [-0.2, -0.15) is 0 Å². The van der Waals surface area contributed by atoms with E-state index in [0.29, 0.717) is 18.8 Å². The Bertz CT molecular complexity index is 384. The highest BCUT2D eigenvalue weighted by atomic mass is 19.1. The quantitative estimate of drug-likeness (QED) is 0.753. The number of nitrogens with zero attached hydrogens (tertiary/aromatic N) is 1. The number of amides is 1. The fourth-order valence-corrected chi connectivity index (χ4v) is 1.29. The summed E-state index contributed by atoms with van der Waals surface area (Å²) in [6.45, 7) is 0.713. The van der Waals surface area contributed by atoms with Gasteiger partial charge < -0.3 is 15.6 Å². The predicted octanol–water partition coefficient (Wildman–Crippen LogP) is 1.06. The summed E-state index contributed by atoms with van der Waals surface area (Å²) in [6.07, 6.45) is -0.491. The first-order chi connectivity index (χ1) is 7.68. The SMILES string of the molecule is CN.O=C1OCCN1c1ccc(O)c(F)c1. The van der Waals surface area contributed by atoms with Crippen LogP contribution in [0.4, 0.5) is 14.9 Å². The van der Waals surface area contributed by atoms with Crippen LogP contribution in [0.15, 0.2) is 18.2 Å². The van der Waals surface area contributed by atoms with E-state index >= 15 is 0 Å². The van der Waals surface area contributed by atoms with Crippen molar-refractivity contribution in [3.05, 3.63) is 24.0 Å². The molecule has 3 N–H and O–H groups in total. The van der Waals surface area contributed by atoms with E-state index in [1.165, 1.54) is 24.1 Å². The van der Waals surface area contributed by atoms with Gasteiger partial charge in [-0.1, -0.05) is 0 Å². The molecule has 1 heterocycles. The van der Waals surface area contributed by atoms with E-state index in [2.05, 4.69) is 5.73 Å². The molecular formula is C10H13FN2O3. The lowest BCUT2D eigenvalue weighted by atomic mass is 10.2. The number of anilines is 1. The number of rotatable bonds is 1. The van der Waals surface area contributed by atoms with Gasteiger partial charge in [0.15, 0.2) is 11.6 Å². The van der Waals surface area contributed by atoms with Crippen molar-refractivity contribution < 1.29 is 19.0 Å². The fourth-order valence-electron chi connectivity index (χ4n) is 1.29. The highest BCUT2D eigenvalue weighted by molar-refractivity contribution is 5.89. The lowest BCUT2D eigenvalue weighted by Gasteiger charge is -2.12. The Balaban J connectivity index is 0.000000606. The maximum atomic E-state index is 12.9. The minimum absolute atomic E-state index is 0.307. The molecule has 1 fully saturated rings. The molecule has 1 aromatic carbocycles. The number of benzene rings is 1. The molecule has 0 bridgehead atoms. The summed E-state index contributed by atoms with van der Waals surface area (Å²) < 4.78 is 17.6. The van der Waals surface area contributed by atoms with Crippen LogP contribution >= 0.6 is 0 Å². The molecule has 0 aliphatic carbocycles. The standard InChI is InChI=1S/C9H8FNO3.CH5N/c10-7-5-6(1-2-8(7)12)11-3-4-14-9(11)13;1-2/h1-2,5,12H,3-4H2;2H2,1H3. The summed E-state index contributed by atoms with van der Waals surface area (Å²) in [5.41, 5.74) is 4.89. The number of aromatic hydroxyl groups is 1. The summed E-state index contributed by atoms with van der Waals surface area (Å²) in [5, 5.41) is 8.94. The van der Waals surface area contributed by atoms with Gasteiger partial charge in [-0.05, 0) is 19.2 Å². The third kappa shape index (κ3) is 2.40. The molecule has 0 saturated carbocycles. The molecule has 1 aliphatic rings. The van der Waals surface area contributed by atoms with Crippen LogP contribution in [-0.2, 0) is 4.74 Å². The first kappa shape index (κ1) is 12.3. The zero-order valence-corrected chi connectivity index (χ0v) is 8.81. The third-order valence-electron chi connectivity index (χ3n) is 2.00. The van der Waals surface area contributed by atoms with Crippen LogP contribution in [0.5, 0.6) is 5.75 Å². The van der Waals surface area contributed by atoms with Crippen LogP contribution < -0.4 is 10.6 Å². The largest absolute Gasteiger partial charge is 0.505 e. The van der Waals surface area contributed by atoms with Crippen molar-refractivity contribution in [3.8, 4) is 5.75 Å². The number of carbonyl (C=O) groups excluding carboxylic acids is 1. The summed E-state index contributed by atoms with van der Waals surface area (Å²) >= 11 is 0. The number of cyclic esters (lactones) is 1. The highest BCUT2D eigenvalue weighted by Crippen LogP contribution is 2.24. The molecule has 0 aromatic heterocycles. The van der Waals surface area contributed by atoms with Gasteiger partial charge in [0, 0.05) is 6.07 Å². The van der Waals surface area contributed by atoms with E-state index in [-0.39, 0.29) is 0 Å². The van der Waals surface area contributed by atoms with Crippen LogP contribution in [0.25, 0.3) is 0 Å². The van der Waals surface area contributed by atoms with Crippen molar-refractivity contribution in [3.63, 3.8) is 0 Å². The van der Waals surface area contributed by atoms with Gasteiger partial charge in [0.05, 0.1) is 12.2 Å². The van der Waals surface area contributed by atoms with Crippen molar-refractivity contribution in [1.29, 1.82) is 0 Å². The summed E-state index contributed by atoms with van der Waals surface area (Å²) in [6, 6.07) is 3.77. The zero-order valence-electron chi connectivity index (χ0n) is 8.81. The number of halogens is 1. The second-order valence-corrected chi connectivity index (χ2v) is 2.90. The Morgan fingerprint density at radius 2 is 2.19 bits per heavy atom. The summed E-state index contributed by atoms with van der Waals surface area (Å²) in [7, 11) is 1.50. The number of ether oxygens (including phenoxy) is 1. The maximum Gasteiger partial charge on any atom is 0.414 e. The first-order valence-electron chi connectivity index (χ1n) is 4.69. The average molecular weight is 228 g/mol. The van der Waals surface area contributed by atoms with Crippen molar-refractivity contribution in [1.82, 2.24) is 0 Å². The molecule has 0 unspecified atom stereocenters. The van der Waals surface area contributed by atoms with E-state index in [1.54, 1.807) is 0 Å². The van der Waals surface area contributed by atoms with Gasteiger partial charge in [-0.3, -0.25) is 4.90 Å². The number of phenols is 1. The minimum atomic E-state index is -0.748. The van der Waals surface area contributed by atoms with Crippen molar-refractivity contribution in [2.75, 3.05) is 25.1 Å². The number of carbonyl (C=O) groups is 1. The minimum Gasteiger partial charge on any atom is -0.505 e. The molecule has 1 aliphatic heterocycles. The monoisotopic (exact) mass is 228 g/mol. The van der Waals surface area contributed by atoms with Gasteiger partial charge in [0.2, 0.25) is 0 Å². The van der Waals surface area contributed by atoms with E-state index < -0.39 is 17.7 Å². The van der Waals surface area contributed by atoms with Gasteiger partial charge in [0.25, 0.3) is 0 Å². The smallest absolute Gasteiger partial charge is 0.414 e. The second-order valence-electron chi connectivity index (χ2n) is 2.90. The van der Waals surface area contributed by atoms with Crippen molar-refractivity contribution >= 4 is 11.8 Å². The molecule has 0 atom stereocenters. The van der Waals surface area contributed by atoms with Crippen LogP contribution in [0, 0.1) is 5.82 Å². The Labute approximate surface area is 92.2 Å². The lowest BCUT2D eigenvalue weighted by molar-refractivity contribution is 0.181. The molecule has 2 rings (SSSR count). The predicted molar refractivity (Wildman–Crippen MR) is 56.9 cm³/mol. The van der Waals surface area contributed by atoms with Gasteiger partial charge in [-0.15, -0.1) is 0 Å². The van der Waals surface area contributed by atoms with Crippen molar-refractivity contribution in [2.24, 2.45) is 5.73 Å². The average Bonchev–Trinajstić information content (AvgIpc) is 2.72. The van der Waals surface area contributed by atoms with E-state index in [4.69, 9.17) is 9.84 Å². The molecule has 1 aromatic rings. The molecule has 1 amide bonds. The summed E-state index contributed by atoms with van der Waals surface area (Å²) in [5.74, 6) is -1.18. The molecule has 0 radical (unpaired) electrons. The maximum absolute atomic E-state index is 12.9. The number of nitrogens with two attached hydrogens (primary N) is 1. The molecule has 16 heavy (non-hydrogen) atoms. The topological polar surface area (TPSA) is 75.8 Å². The van der Waals surface area contributed by atoms with Crippen LogP contribution in [0.2, 0.25) is 0 Å². The van der Waals surface area contributed by atoms with E-state index in [9.17, 15) is 9.18 Å². The zero-order chi connectivity index (χ0) is 12.1. The van der Waals surface area contributed by atoms with E-state index in [1.807, 2.05) is 0 Å². The number of phenolic OH excluding ortho intramolecular Hbond substituents is 1. The van der Waals surface area contributed by atoms with Gasteiger partial charge in [0.1, 0.15) is 6.61 Å². The first-order valence-corrected chi connectivity index (χ1v) is 4.69. The van der Waals surface area contributed by atoms with Gasteiger partial charge in [-0.25, -0.2) is 9.18 Å². The Morgan fingerprint density at radius 3 is 2.69 bits per heavy atom. The Kier molecular flexibility index (Phi) is 4.07. The Morgan fingerprint density at radius 1 is 1.50 bits per heavy atom. The number of hydrogen-bond donors (Lipinski definition) is 2. The highest BCUT2D eigenvalue weighted by Gasteiger charge is 2.24. The fraction of sp³-hybridized carbons (Fsp3) is 0.300. The molecule has 1 saturated heterocycles. The molecular weight excluding hydrogens is 215 g/mol. The number of hydrogen-bond acceptors (Lipinski definition) is 4. The molecule has 0 spiro atoms. The van der Waals surface area contributed by atoms with Crippen molar-refractivity contribution in [2.45, 2.75) is 0 Å².